The van der Waals surface area contributed by atoms with Gasteiger partial charge in [-0.25, -0.2) is 4.98 Å². The second kappa shape index (κ2) is 8.58. The van der Waals surface area contributed by atoms with E-state index in [0.717, 1.165) is 38.2 Å². The minimum absolute atomic E-state index is 0.145. The fourth-order valence-corrected chi connectivity index (χ4v) is 3.08. The van der Waals surface area contributed by atoms with Crippen LogP contribution in [0.3, 0.4) is 0 Å². The summed E-state index contributed by atoms with van der Waals surface area (Å²) in [5.41, 5.74) is 1.68. The molecule has 132 valence electrons. The lowest BCUT2D eigenvalue weighted by atomic mass is 9.96. The lowest BCUT2D eigenvalue weighted by molar-refractivity contribution is 0.0930. The quantitative estimate of drug-likeness (QED) is 0.872. The Morgan fingerprint density at radius 3 is 2.64 bits per heavy atom. The van der Waals surface area contributed by atoms with Crippen molar-refractivity contribution in [3.8, 4) is 5.75 Å². The van der Waals surface area contributed by atoms with E-state index in [1.54, 1.807) is 13.3 Å². The number of ether oxygens (including phenoxy) is 1. The van der Waals surface area contributed by atoms with Gasteiger partial charge >= 0.3 is 0 Å². The maximum Gasteiger partial charge on any atom is 0.271 e. The topological polar surface area (TPSA) is 67.3 Å². The third-order valence-corrected chi connectivity index (χ3v) is 4.62. The van der Waals surface area contributed by atoms with Gasteiger partial charge in [0.25, 0.3) is 5.91 Å². The molecule has 1 fully saturated rings. The van der Waals surface area contributed by atoms with Crippen molar-refractivity contribution in [3.05, 3.63) is 54.1 Å². The molecular formula is C19H24N4O2. The molecule has 0 atom stereocenters. The van der Waals surface area contributed by atoms with Gasteiger partial charge in [0, 0.05) is 25.5 Å². The van der Waals surface area contributed by atoms with Crippen LogP contribution >= 0.6 is 0 Å². The van der Waals surface area contributed by atoms with Gasteiger partial charge in [-0.1, -0.05) is 12.1 Å². The first kappa shape index (κ1) is 17.4. The molecule has 0 aliphatic carbocycles. The van der Waals surface area contributed by atoms with Crippen LogP contribution in [0, 0.1) is 5.92 Å². The van der Waals surface area contributed by atoms with E-state index in [2.05, 4.69) is 32.3 Å². The van der Waals surface area contributed by atoms with Gasteiger partial charge in [-0.15, -0.1) is 0 Å². The van der Waals surface area contributed by atoms with Crippen LogP contribution < -0.4 is 10.1 Å². The lowest BCUT2D eigenvalue weighted by Crippen LogP contribution is -2.38. The largest absolute Gasteiger partial charge is 0.497 e. The highest BCUT2D eigenvalue weighted by Crippen LogP contribution is 2.19. The molecule has 3 rings (SSSR count). The van der Waals surface area contributed by atoms with Crippen LogP contribution in [0.1, 0.15) is 28.9 Å². The Bertz CT molecular complexity index is 668. The Morgan fingerprint density at radius 1 is 1.24 bits per heavy atom. The number of aromatic nitrogens is 2. The molecule has 1 aromatic heterocycles. The number of rotatable bonds is 6. The molecule has 6 heteroatoms. The van der Waals surface area contributed by atoms with Crippen LogP contribution in [0.4, 0.5) is 0 Å². The van der Waals surface area contributed by atoms with Crippen molar-refractivity contribution in [1.29, 1.82) is 0 Å². The summed E-state index contributed by atoms with van der Waals surface area (Å²) in [4.78, 5) is 22.4. The van der Waals surface area contributed by atoms with E-state index in [1.807, 2.05) is 12.1 Å². The van der Waals surface area contributed by atoms with Crippen molar-refractivity contribution in [2.24, 2.45) is 5.92 Å². The average molecular weight is 340 g/mol. The monoisotopic (exact) mass is 340 g/mol. The Balaban J connectivity index is 1.40. The van der Waals surface area contributed by atoms with Crippen molar-refractivity contribution >= 4 is 5.91 Å². The Hall–Kier alpha value is -2.47. The van der Waals surface area contributed by atoms with Crippen molar-refractivity contribution in [1.82, 2.24) is 20.2 Å². The fraction of sp³-hybridized carbons (Fsp3) is 0.421. The number of amides is 1. The molecule has 1 aromatic carbocycles. The Morgan fingerprint density at radius 2 is 2.00 bits per heavy atom. The summed E-state index contributed by atoms with van der Waals surface area (Å²) in [6, 6.07) is 8.24. The first-order chi connectivity index (χ1) is 12.2. The minimum atomic E-state index is -0.145. The van der Waals surface area contributed by atoms with Gasteiger partial charge in [0.1, 0.15) is 11.4 Å². The molecule has 1 N–H and O–H groups in total. The second-order valence-corrected chi connectivity index (χ2v) is 6.37. The van der Waals surface area contributed by atoms with E-state index in [-0.39, 0.29) is 5.91 Å². The zero-order valence-corrected chi connectivity index (χ0v) is 14.5. The predicted molar refractivity (Wildman–Crippen MR) is 95.4 cm³/mol. The molecule has 6 nitrogen and oxygen atoms in total. The number of carbonyl (C=O) groups excluding carboxylic acids is 1. The summed E-state index contributed by atoms with van der Waals surface area (Å²) in [6.45, 7) is 3.77. The molecule has 1 aliphatic rings. The Kier molecular flexibility index (Phi) is 5.95. The SMILES string of the molecule is COc1ccc(CN2CCC(CNC(=O)c3cnccn3)CC2)cc1. The zero-order chi connectivity index (χ0) is 17.5. The van der Waals surface area contributed by atoms with E-state index in [1.165, 1.54) is 18.0 Å². The molecule has 2 heterocycles. The molecule has 0 spiro atoms. The first-order valence-corrected chi connectivity index (χ1v) is 8.64. The number of likely N-dealkylation sites (tertiary alicyclic amines) is 1. The molecule has 0 unspecified atom stereocenters. The predicted octanol–water partition coefficient (Wildman–Crippen LogP) is 2.13. The molecule has 0 bridgehead atoms. The van der Waals surface area contributed by atoms with Crippen LogP contribution in [0.15, 0.2) is 42.9 Å². The van der Waals surface area contributed by atoms with Gasteiger partial charge in [0.2, 0.25) is 0 Å². The smallest absolute Gasteiger partial charge is 0.271 e. The standard InChI is InChI=1S/C19H24N4O2/c1-25-17-4-2-16(3-5-17)14-23-10-6-15(7-11-23)12-22-19(24)18-13-20-8-9-21-18/h2-5,8-9,13,15H,6-7,10-12,14H2,1H3,(H,22,24). The van der Waals surface area contributed by atoms with Gasteiger partial charge in [-0.3, -0.25) is 14.7 Å². The number of piperidine rings is 1. The summed E-state index contributed by atoms with van der Waals surface area (Å²) in [5.74, 6) is 1.27. The van der Waals surface area contributed by atoms with Gasteiger partial charge in [-0.2, -0.15) is 0 Å². The lowest BCUT2D eigenvalue weighted by Gasteiger charge is -2.32. The molecule has 1 aliphatic heterocycles. The highest BCUT2D eigenvalue weighted by atomic mass is 16.5. The summed E-state index contributed by atoms with van der Waals surface area (Å²) in [7, 11) is 1.68. The fourth-order valence-electron chi connectivity index (χ4n) is 3.08. The highest BCUT2D eigenvalue weighted by molar-refractivity contribution is 5.91. The number of hydrogen-bond acceptors (Lipinski definition) is 5. The molecule has 0 radical (unpaired) electrons. The van der Waals surface area contributed by atoms with E-state index in [4.69, 9.17) is 4.74 Å². The van der Waals surface area contributed by atoms with Gasteiger partial charge < -0.3 is 10.1 Å². The van der Waals surface area contributed by atoms with E-state index in [0.29, 0.717) is 18.2 Å². The van der Waals surface area contributed by atoms with Crippen LogP contribution in [0.2, 0.25) is 0 Å². The van der Waals surface area contributed by atoms with Crippen molar-refractivity contribution in [2.75, 3.05) is 26.7 Å². The summed E-state index contributed by atoms with van der Waals surface area (Å²) >= 11 is 0. The maximum atomic E-state index is 12.0. The Labute approximate surface area is 148 Å². The average Bonchev–Trinajstić information content (AvgIpc) is 2.68. The number of benzene rings is 1. The van der Waals surface area contributed by atoms with Gasteiger partial charge in [0.15, 0.2) is 0 Å². The minimum Gasteiger partial charge on any atom is -0.497 e. The normalized spacial score (nSPS) is 15.7. The van der Waals surface area contributed by atoms with E-state index >= 15 is 0 Å². The number of methoxy groups -OCH3 is 1. The summed E-state index contributed by atoms with van der Waals surface area (Å²) in [6.07, 6.45) is 6.78. The molecule has 1 saturated heterocycles. The van der Waals surface area contributed by atoms with Crippen molar-refractivity contribution in [3.63, 3.8) is 0 Å². The van der Waals surface area contributed by atoms with E-state index in [9.17, 15) is 4.79 Å². The van der Waals surface area contributed by atoms with Crippen LogP contribution in [0.5, 0.6) is 5.75 Å². The molecular weight excluding hydrogens is 316 g/mol. The maximum absolute atomic E-state index is 12.0. The zero-order valence-electron chi connectivity index (χ0n) is 14.5. The molecule has 2 aromatic rings. The third-order valence-electron chi connectivity index (χ3n) is 4.62. The molecule has 0 saturated carbocycles. The molecule has 1 amide bonds. The molecule has 25 heavy (non-hydrogen) atoms. The summed E-state index contributed by atoms with van der Waals surface area (Å²) < 4.78 is 5.19. The summed E-state index contributed by atoms with van der Waals surface area (Å²) in [5, 5.41) is 2.97. The van der Waals surface area contributed by atoms with Crippen molar-refractivity contribution in [2.45, 2.75) is 19.4 Å². The first-order valence-electron chi connectivity index (χ1n) is 8.64. The second-order valence-electron chi connectivity index (χ2n) is 6.37. The number of hydrogen-bond donors (Lipinski definition) is 1. The van der Waals surface area contributed by atoms with Crippen LogP contribution in [0.25, 0.3) is 0 Å². The highest BCUT2D eigenvalue weighted by Gasteiger charge is 2.20. The van der Waals surface area contributed by atoms with Crippen LogP contribution in [-0.2, 0) is 6.54 Å². The van der Waals surface area contributed by atoms with Gasteiger partial charge in [-0.05, 0) is 49.5 Å². The number of nitrogens with zero attached hydrogens (tertiary/aromatic N) is 3. The third kappa shape index (κ3) is 5.00. The van der Waals surface area contributed by atoms with Crippen molar-refractivity contribution < 1.29 is 9.53 Å². The van der Waals surface area contributed by atoms with E-state index < -0.39 is 0 Å². The number of nitrogens with one attached hydrogen (secondary N) is 1. The number of carbonyl (C=O) groups is 1. The van der Waals surface area contributed by atoms with Crippen LogP contribution in [-0.4, -0.2) is 47.5 Å². The van der Waals surface area contributed by atoms with Gasteiger partial charge in [0.05, 0.1) is 13.3 Å².